The third-order valence-electron chi connectivity index (χ3n) is 6.11. The molecule has 0 saturated heterocycles. The fraction of sp³-hybridized carbons (Fsp3) is 0.913. The zero-order chi connectivity index (χ0) is 19.9. The van der Waals surface area contributed by atoms with Gasteiger partial charge in [0.2, 0.25) is 0 Å². The maximum atomic E-state index is 13.0. The number of rotatable bonds is 11. The summed E-state index contributed by atoms with van der Waals surface area (Å²) in [6, 6.07) is 0.128. The highest BCUT2D eigenvalue weighted by atomic mass is 16.1. The molecule has 1 rings (SSSR count). The lowest BCUT2D eigenvalue weighted by molar-refractivity contribution is -0.132. The van der Waals surface area contributed by atoms with Crippen LogP contribution >= 0.6 is 0 Å². The lowest BCUT2D eigenvalue weighted by Gasteiger charge is -2.31. The molecule has 1 fully saturated rings. The van der Waals surface area contributed by atoms with E-state index in [-0.39, 0.29) is 41.4 Å². The standard InChI is InChI=1S/C23H43NO2/c1-8-18-9-11-19(12-10-18)13-20(23(26)16(4)5)14-21(25)22(15(2)3)24-17(6)7/h15-20,22,24H,8-14H2,1-7H3/t18?,19?,20-,22+/m1/s1. The van der Waals surface area contributed by atoms with Gasteiger partial charge in [-0.1, -0.05) is 80.6 Å². The normalized spacial score (nSPS) is 23.5. The van der Waals surface area contributed by atoms with Crippen LogP contribution in [0.5, 0.6) is 0 Å². The van der Waals surface area contributed by atoms with Crippen molar-refractivity contribution in [2.75, 3.05) is 0 Å². The maximum Gasteiger partial charge on any atom is 0.150 e. The maximum absolute atomic E-state index is 13.0. The summed E-state index contributed by atoms with van der Waals surface area (Å²) in [6.07, 6.45) is 7.64. The van der Waals surface area contributed by atoms with E-state index in [0.29, 0.717) is 12.3 Å². The third kappa shape index (κ3) is 7.50. The van der Waals surface area contributed by atoms with Gasteiger partial charge in [0.1, 0.15) is 5.78 Å². The van der Waals surface area contributed by atoms with Crippen LogP contribution in [0.4, 0.5) is 0 Å². The van der Waals surface area contributed by atoms with Crippen LogP contribution in [0.3, 0.4) is 0 Å². The van der Waals surface area contributed by atoms with Crippen LogP contribution in [-0.2, 0) is 9.59 Å². The molecule has 26 heavy (non-hydrogen) atoms. The van der Waals surface area contributed by atoms with E-state index < -0.39 is 0 Å². The van der Waals surface area contributed by atoms with Gasteiger partial charge >= 0.3 is 0 Å². The monoisotopic (exact) mass is 365 g/mol. The van der Waals surface area contributed by atoms with Gasteiger partial charge in [-0.3, -0.25) is 9.59 Å². The summed E-state index contributed by atoms with van der Waals surface area (Å²) < 4.78 is 0. The highest BCUT2D eigenvalue weighted by molar-refractivity contribution is 5.91. The molecule has 1 aliphatic rings. The van der Waals surface area contributed by atoms with Crippen molar-refractivity contribution in [2.45, 2.75) is 105 Å². The van der Waals surface area contributed by atoms with Gasteiger partial charge in [-0.15, -0.1) is 0 Å². The van der Waals surface area contributed by atoms with Crippen LogP contribution in [-0.4, -0.2) is 23.7 Å². The van der Waals surface area contributed by atoms with Gasteiger partial charge < -0.3 is 5.32 Å². The van der Waals surface area contributed by atoms with Crippen molar-refractivity contribution >= 4 is 11.6 Å². The Balaban J connectivity index is 2.77. The molecule has 0 aromatic carbocycles. The minimum absolute atomic E-state index is 0.00957. The summed E-state index contributed by atoms with van der Waals surface area (Å²) in [4.78, 5) is 25.8. The van der Waals surface area contributed by atoms with E-state index in [1.54, 1.807) is 0 Å². The Hall–Kier alpha value is -0.700. The Kier molecular flexibility index (Phi) is 10.1. The molecule has 0 aromatic rings. The Morgan fingerprint density at radius 2 is 1.46 bits per heavy atom. The summed E-state index contributed by atoms with van der Waals surface area (Å²) in [5, 5.41) is 3.41. The van der Waals surface area contributed by atoms with Crippen LogP contribution in [0, 0.1) is 29.6 Å². The zero-order valence-electron chi connectivity index (χ0n) is 18.3. The van der Waals surface area contributed by atoms with Gasteiger partial charge in [-0.2, -0.15) is 0 Å². The summed E-state index contributed by atoms with van der Waals surface area (Å²) in [6.45, 7) is 14.5. The third-order valence-corrected chi connectivity index (χ3v) is 6.11. The molecule has 0 amide bonds. The van der Waals surface area contributed by atoms with Crippen molar-refractivity contribution < 1.29 is 9.59 Å². The molecule has 0 bridgehead atoms. The lowest BCUT2D eigenvalue weighted by Crippen LogP contribution is -2.45. The highest BCUT2D eigenvalue weighted by Gasteiger charge is 2.32. The van der Waals surface area contributed by atoms with Crippen molar-refractivity contribution in [3.63, 3.8) is 0 Å². The minimum Gasteiger partial charge on any atom is -0.305 e. The Morgan fingerprint density at radius 3 is 1.88 bits per heavy atom. The molecule has 1 aliphatic carbocycles. The molecule has 0 radical (unpaired) electrons. The first-order chi connectivity index (χ1) is 12.1. The van der Waals surface area contributed by atoms with Crippen LogP contribution in [0.1, 0.15) is 93.4 Å². The molecular weight excluding hydrogens is 322 g/mol. The number of nitrogens with one attached hydrogen (secondary N) is 1. The first kappa shape index (κ1) is 23.3. The van der Waals surface area contributed by atoms with Gasteiger partial charge in [0.05, 0.1) is 6.04 Å². The molecule has 3 heteroatoms. The van der Waals surface area contributed by atoms with Crippen molar-refractivity contribution in [3.8, 4) is 0 Å². The molecule has 0 spiro atoms. The van der Waals surface area contributed by atoms with Gasteiger partial charge in [-0.05, 0) is 24.2 Å². The average Bonchev–Trinajstić information content (AvgIpc) is 2.58. The van der Waals surface area contributed by atoms with Crippen LogP contribution < -0.4 is 5.32 Å². The van der Waals surface area contributed by atoms with Gasteiger partial charge in [0, 0.05) is 24.3 Å². The molecule has 2 atom stereocenters. The molecule has 0 unspecified atom stereocenters. The predicted octanol–water partition coefficient (Wildman–Crippen LogP) is 5.42. The SMILES string of the molecule is CCC1CCC(C[C@H](CC(=O)[C@@H](NC(C)C)C(C)C)C(=O)C(C)C)CC1. The first-order valence-electron chi connectivity index (χ1n) is 11.0. The van der Waals surface area contributed by atoms with E-state index in [4.69, 9.17) is 0 Å². The minimum atomic E-state index is -0.145. The molecule has 3 nitrogen and oxygen atoms in total. The fourth-order valence-electron chi connectivity index (χ4n) is 4.44. The van der Waals surface area contributed by atoms with E-state index in [0.717, 1.165) is 12.3 Å². The Bertz CT molecular complexity index is 433. The number of carbonyl (C=O) groups excluding carboxylic acids is 2. The summed E-state index contributed by atoms with van der Waals surface area (Å²) >= 11 is 0. The van der Waals surface area contributed by atoms with Gasteiger partial charge in [0.15, 0.2) is 5.78 Å². The smallest absolute Gasteiger partial charge is 0.150 e. The topological polar surface area (TPSA) is 46.2 Å². The lowest BCUT2D eigenvalue weighted by atomic mass is 9.74. The van der Waals surface area contributed by atoms with E-state index >= 15 is 0 Å². The Morgan fingerprint density at radius 1 is 0.923 bits per heavy atom. The van der Waals surface area contributed by atoms with E-state index in [2.05, 4.69) is 39.9 Å². The first-order valence-corrected chi connectivity index (χ1v) is 11.0. The summed E-state index contributed by atoms with van der Waals surface area (Å²) in [5.41, 5.74) is 0. The van der Waals surface area contributed by atoms with Crippen LogP contribution in [0.25, 0.3) is 0 Å². The number of Topliss-reactive ketones (excluding diaryl/α,β-unsaturated/α-hetero) is 2. The molecule has 1 N–H and O–H groups in total. The second-order valence-corrected chi connectivity index (χ2v) is 9.50. The summed E-state index contributed by atoms with van der Waals surface area (Å²) in [7, 11) is 0. The zero-order valence-corrected chi connectivity index (χ0v) is 18.3. The highest BCUT2D eigenvalue weighted by Crippen LogP contribution is 2.35. The molecule has 0 heterocycles. The van der Waals surface area contributed by atoms with E-state index in [1.807, 2.05) is 13.8 Å². The van der Waals surface area contributed by atoms with Crippen molar-refractivity contribution in [2.24, 2.45) is 29.6 Å². The van der Waals surface area contributed by atoms with Crippen molar-refractivity contribution in [1.82, 2.24) is 5.32 Å². The van der Waals surface area contributed by atoms with Crippen molar-refractivity contribution in [1.29, 1.82) is 0 Å². The quantitative estimate of drug-likeness (QED) is 0.532. The van der Waals surface area contributed by atoms with Gasteiger partial charge in [-0.25, -0.2) is 0 Å². The van der Waals surface area contributed by atoms with Gasteiger partial charge in [0.25, 0.3) is 0 Å². The van der Waals surface area contributed by atoms with Crippen molar-refractivity contribution in [3.05, 3.63) is 0 Å². The molecule has 152 valence electrons. The number of carbonyl (C=O) groups is 2. The van der Waals surface area contributed by atoms with E-state index in [1.165, 1.54) is 32.1 Å². The number of ketones is 2. The largest absolute Gasteiger partial charge is 0.305 e. The molecular formula is C23H43NO2. The number of hydrogen-bond acceptors (Lipinski definition) is 3. The van der Waals surface area contributed by atoms with E-state index in [9.17, 15) is 9.59 Å². The summed E-state index contributed by atoms with van der Waals surface area (Å²) in [5.74, 6) is 2.15. The number of hydrogen-bond donors (Lipinski definition) is 1. The molecule has 0 aromatic heterocycles. The molecule has 1 saturated carbocycles. The average molecular weight is 366 g/mol. The van der Waals surface area contributed by atoms with Crippen LogP contribution in [0.15, 0.2) is 0 Å². The second-order valence-electron chi connectivity index (χ2n) is 9.50. The molecule has 0 aliphatic heterocycles. The van der Waals surface area contributed by atoms with Crippen LogP contribution in [0.2, 0.25) is 0 Å². The second kappa shape index (κ2) is 11.2. The Labute approximate surface area is 162 Å². The predicted molar refractivity (Wildman–Crippen MR) is 110 cm³/mol. The fourth-order valence-corrected chi connectivity index (χ4v) is 4.44.